The van der Waals surface area contributed by atoms with E-state index in [0.717, 1.165) is 11.1 Å². The minimum atomic E-state index is -0.619. The van der Waals surface area contributed by atoms with Crippen LogP contribution in [0, 0.1) is 6.92 Å². The highest BCUT2D eigenvalue weighted by Gasteiger charge is 2.39. The number of hydrogen-bond acceptors (Lipinski definition) is 5. The Morgan fingerprint density at radius 2 is 1.92 bits per heavy atom. The van der Waals surface area contributed by atoms with Crippen molar-refractivity contribution in [3.05, 3.63) is 59.3 Å². The Morgan fingerprint density at radius 1 is 1.22 bits per heavy atom. The van der Waals surface area contributed by atoms with Gasteiger partial charge in [0.15, 0.2) is 0 Å². The number of benzene rings is 1. The third-order valence-corrected chi connectivity index (χ3v) is 6.14. The standard InChI is InChI=1S/C27H39N5O4/c1-7-12-32-21(18-30-13-15-31(16-14-30)26(35)29-27(4,5)6)22(24(33)36-8-2)23(28-25(32)34)20-11-9-10-19(3)17-20/h7,9-11,17,23H,1,8,12-16,18H2,2-6H3,(H,28,34)(H,29,35). The summed E-state index contributed by atoms with van der Waals surface area (Å²) in [6.45, 7) is 16.6. The highest BCUT2D eigenvalue weighted by atomic mass is 16.5. The van der Waals surface area contributed by atoms with Crippen LogP contribution in [0.3, 0.4) is 0 Å². The summed E-state index contributed by atoms with van der Waals surface area (Å²) in [6, 6.07) is 6.78. The molecule has 0 radical (unpaired) electrons. The van der Waals surface area contributed by atoms with E-state index in [-0.39, 0.29) is 30.8 Å². The predicted octanol–water partition coefficient (Wildman–Crippen LogP) is 3.19. The van der Waals surface area contributed by atoms with Gasteiger partial charge >= 0.3 is 18.0 Å². The summed E-state index contributed by atoms with van der Waals surface area (Å²) >= 11 is 0. The lowest BCUT2D eigenvalue weighted by molar-refractivity contribution is -0.139. The second-order valence-electron chi connectivity index (χ2n) is 10.2. The van der Waals surface area contributed by atoms with Gasteiger partial charge in [0.2, 0.25) is 0 Å². The van der Waals surface area contributed by atoms with Gasteiger partial charge in [0.05, 0.1) is 18.2 Å². The smallest absolute Gasteiger partial charge is 0.338 e. The first-order valence-corrected chi connectivity index (χ1v) is 12.5. The quantitative estimate of drug-likeness (QED) is 0.446. The fourth-order valence-electron chi connectivity index (χ4n) is 4.47. The lowest BCUT2D eigenvalue weighted by Gasteiger charge is -2.40. The van der Waals surface area contributed by atoms with E-state index in [4.69, 9.17) is 4.74 Å². The number of nitrogens with one attached hydrogen (secondary N) is 2. The van der Waals surface area contributed by atoms with E-state index < -0.39 is 12.0 Å². The molecule has 0 saturated carbocycles. The summed E-state index contributed by atoms with van der Waals surface area (Å²) in [5.41, 5.74) is 2.59. The van der Waals surface area contributed by atoms with Gasteiger partial charge in [-0.1, -0.05) is 35.9 Å². The lowest BCUT2D eigenvalue weighted by Crippen LogP contribution is -2.56. The average molecular weight is 498 g/mol. The number of amides is 4. The SMILES string of the molecule is C=CCN1C(=O)NC(c2cccc(C)c2)C(C(=O)OCC)=C1CN1CCN(C(=O)NC(C)(C)C)CC1. The van der Waals surface area contributed by atoms with E-state index in [0.29, 0.717) is 44.0 Å². The molecule has 0 aliphatic carbocycles. The topological polar surface area (TPSA) is 94.2 Å². The van der Waals surface area contributed by atoms with Crippen LogP contribution >= 0.6 is 0 Å². The van der Waals surface area contributed by atoms with Gasteiger partial charge in [-0.2, -0.15) is 0 Å². The number of aryl methyl sites for hydroxylation is 1. The highest BCUT2D eigenvalue weighted by molar-refractivity contribution is 5.95. The summed E-state index contributed by atoms with van der Waals surface area (Å²) in [6.07, 6.45) is 1.64. The molecule has 36 heavy (non-hydrogen) atoms. The van der Waals surface area contributed by atoms with E-state index in [2.05, 4.69) is 22.1 Å². The number of ether oxygens (including phenoxy) is 1. The van der Waals surface area contributed by atoms with Crippen molar-refractivity contribution >= 4 is 18.0 Å². The fourth-order valence-corrected chi connectivity index (χ4v) is 4.47. The van der Waals surface area contributed by atoms with Crippen LogP contribution < -0.4 is 10.6 Å². The van der Waals surface area contributed by atoms with Gasteiger partial charge in [-0.15, -0.1) is 6.58 Å². The summed E-state index contributed by atoms with van der Waals surface area (Å²) in [4.78, 5) is 44.6. The van der Waals surface area contributed by atoms with Crippen LogP contribution in [0.15, 0.2) is 48.2 Å². The van der Waals surface area contributed by atoms with Gasteiger partial charge in [0.1, 0.15) is 0 Å². The second-order valence-corrected chi connectivity index (χ2v) is 10.2. The molecule has 2 aliphatic heterocycles. The molecule has 2 aliphatic rings. The molecule has 1 fully saturated rings. The average Bonchev–Trinajstić information content (AvgIpc) is 2.80. The number of carbonyl (C=O) groups is 3. The normalized spacial score (nSPS) is 19.1. The number of hydrogen-bond donors (Lipinski definition) is 2. The zero-order chi connectivity index (χ0) is 26.5. The van der Waals surface area contributed by atoms with E-state index in [1.165, 1.54) is 0 Å². The molecule has 196 valence electrons. The predicted molar refractivity (Wildman–Crippen MR) is 139 cm³/mol. The minimum Gasteiger partial charge on any atom is -0.463 e. The molecule has 1 aromatic rings. The summed E-state index contributed by atoms with van der Waals surface area (Å²) < 4.78 is 5.46. The molecule has 1 atom stereocenters. The van der Waals surface area contributed by atoms with Crippen LogP contribution in [0.5, 0.6) is 0 Å². The highest BCUT2D eigenvalue weighted by Crippen LogP contribution is 2.32. The Bertz CT molecular complexity index is 1020. The zero-order valence-corrected chi connectivity index (χ0v) is 22.1. The van der Waals surface area contributed by atoms with Crippen LogP contribution in [-0.4, -0.2) is 84.1 Å². The maximum absolute atomic E-state index is 13.3. The zero-order valence-electron chi connectivity index (χ0n) is 22.1. The molecule has 2 N–H and O–H groups in total. The van der Waals surface area contributed by atoms with Crippen molar-refractivity contribution in [1.29, 1.82) is 0 Å². The third-order valence-electron chi connectivity index (χ3n) is 6.14. The molecule has 0 bridgehead atoms. The monoisotopic (exact) mass is 497 g/mol. The first-order chi connectivity index (χ1) is 17.0. The van der Waals surface area contributed by atoms with Crippen molar-refractivity contribution in [3.8, 4) is 0 Å². The molecule has 1 saturated heterocycles. The van der Waals surface area contributed by atoms with Gasteiger partial charge in [-0.05, 0) is 40.2 Å². The first-order valence-electron chi connectivity index (χ1n) is 12.5. The summed E-state index contributed by atoms with van der Waals surface area (Å²) in [7, 11) is 0. The molecule has 0 aromatic heterocycles. The molecule has 9 nitrogen and oxygen atoms in total. The van der Waals surface area contributed by atoms with Crippen molar-refractivity contribution in [2.75, 3.05) is 45.9 Å². The maximum atomic E-state index is 13.3. The maximum Gasteiger partial charge on any atom is 0.338 e. The first kappa shape index (κ1) is 27.3. The van der Waals surface area contributed by atoms with Gasteiger partial charge in [-0.25, -0.2) is 14.4 Å². The number of urea groups is 2. The van der Waals surface area contributed by atoms with Crippen LogP contribution in [-0.2, 0) is 9.53 Å². The molecular weight excluding hydrogens is 458 g/mol. The number of nitrogens with zero attached hydrogens (tertiary/aromatic N) is 3. The van der Waals surface area contributed by atoms with Gasteiger partial charge < -0.3 is 20.3 Å². The van der Waals surface area contributed by atoms with Crippen LogP contribution in [0.2, 0.25) is 0 Å². The third kappa shape index (κ3) is 6.66. The second kappa shape index (κ2) is 11.6. The van der Waals surface area contributed by atoms with Crippen molar-refractivity contribution < 1.29 is 19.1 Å². The Labute approximate surface area is 214 Å². The Hall–Kier alpha value is -3.33. The van der Waals surface area contributed by atoms with Crippen molar-refractivity contribution in [3.63, 3.8) is 0 Å². The van der Waals surface area contributed by atoms with Crippen LogP contribution in [0.25, 0.3) is 0 Å². The fraction of sp³-hybridized carbons (Fsp3) is 0.519. The number of piperazine rings is 1. The number of rotatable bonds is 7. The van der Waals surface area contributed by atoms with Crippen LogP contribution in [0.1, 0.15) is 44.9 Å². The largest absolute Gasteiger partial charge is 0.463 e. The minimum absolute atomic E-state index is 0.0848. The van der Waals surface area contributed by atoms with E-state index in [9.17, 15) is 14.4 Å². The molecule has 4 amide bonds. The number of esters is 1. The molecule has 0 spiro atoms. The molecule has 1 unspecified atom stereocenters. The summed E-state index contributed by atoms with van der Waals surface area (Å²) in [5, 5.41) is 6.00. The van der Waals surface area contributed by atoms with Crippen molar-refractivity contribution in [2.24, 2.45) is 0 Å². The Morgan fingerprint density at radius 3 is 2.50 bits per heavy atom. The molecule has 1 aromatic carbocycles. The van der Waals surface area contributed by atoms with E-state index in [1.807, 2.05) is 52.0 Å². The molecule has 2 heterocycles. The summed E-state index contributed by atoms with van der Waals surface area (Å²) in [5.74, 6) is -0.448. The number of carbonyl (C=O) groups excluding carboxylic acids is 3. The van der Waals surface area contributed by atoms with Gasteiger partial charge in [0.25, 0.3) is 0 Å². The molecular formula is C27H39N5O4. The molecule has 3 rings (SSSR count). The van der Waals surface area contributed by atoms with E-state index >= 15 is 0 Å². The Balaban J connectivity index is 1.92. The Kier molecular flexibility index (Phi) is 8.79. The van der Waals surface area contributed by atoms with Crippen molar-refractivity contribution in [2.45, 2.75) is 46.2 Å². The van der Waals surface area contributed by atoms with Crippen molar-refractivity contribution in [1.82, 2.24) is 25.3 Å². The van der Waals surface area contributed by atoms with Gasteiger partial charge in [-0.3, -0.25) is 9.80 Å². The van der Waals surface area contributed by atoms with Gasteiger partial charge in [0, 0.05) is 50.5 Å². The van der Waals surface area contributed by atoms with Crippen LogP contribution in [0.4, 0.5) is 9.59 Å². The van der Waals surface area contributed by atoms with E-state index in [1.54, 1.807) is 22.8 Å². The molecule has 9 heteroatoms. The lowest BCUT2D eigenvalue weighted by atomic mass is 9.93.